The number of anilines is 1. The third-order valence-corrected chi connectivity index (χ3v) is 3.83. The lowest BCUT2D eigenvalue weighted by Gasteiger charge is -2.36. The fourth-order valence-electron chi connectivity index (χ4n) is 2.47. The van der Waals surface area contributed by atoms with Gasteiger partial charge < -0.3 is 10.2 Å². The molecule has 1 aliphatic rings. The van der Waals surface area contributed by atoms with Gasteiger partial charge in [-0.05, 0) is 47.7 Å². The molecule has 0 saturated carbocycles. The molecule has 1 saturated heterocycles. The molecule has 1 fully saturated rings. The Kier molecular flexibility index (Phi) is 5.58. The van der Waals surface area contributed by atoms with Crippen molar-refractivity contribution in [2.24, 2.45) is 5.92 Å². The molecule has 1 N–H and O–H groups in total. The van der Waals surface area contributed by atoms with Crippen molar-refractivity contribution in [2.45, 2.75) is 39.2 Å². The standard InChI is InChI=1S/C14H23BrN4/c1-11(2)7-16-10-13-5-3-4-6-19(13)14-17-8-12(15)9-18-14/h8-9,11,13,16H,3-7,10H2,1-2H3. The van der Waals surface area contributed by atoms with Gasteiger partial charge in [-0.25, -0.2) is 9.97 Å². The third kappa shape index (κ3) is 4.42. The number of aromatic nitrogens is 2. The first-order valence-corrected chi connectivity index (χ1v) is 7.91. The minimum absolute atomic E-state index is 0.522. The van der Waals surface area contributed by atoms with Crippen LogP contribution in [0.15, 0.2) is 16.9 Å². The molecule has 0 radical (unpaired) electrons. The molecule has 0 amide bonds. The van der Waals surface area contributed by atoms with E-state index < -0.39 is 0 Å². The van der Waals surface area contributed by atoms with Gasteiger partial charge in [0, 0.05) is 31.5 Å². The van der Waals surface area contributed by atoms with Crippen LogP contribution < -0.4 is 10.2 Å². The minimum atomic E-state index is 0.522. The van der Waals surface area contributed by atoms with E-state index in [4.69, 9.17) is 0 Å². The van der Waals surface area contributed by atoms with Crippen LogP contribution in [0.3, 0.4) is 0 Å². The van der Waals surface area contributed by atoms with Gasteiger partial charge in [0.25, 0.3) is 0 Å². The Balaban J connectivity index is 1.97. The molecule has 5 heteroatoms. The van der Waals surface area contributed by atoms with Crippen molar-refractivity contribution in [3.05, 3.63) is 16.9 Å². The van der Waals surface area contributed by atoms with Gasteiger partial charge in [-0.15, -0.1) is 0 Å². The zero-order chi connectivity index (χ0) is 13.7. The van der Waals surface area contributed by atoms with E-state index >= 15 is 0 Å². The lowest BCUT2D eigenvalue weighted by molar-refractivity contribution is 0.418. The van der Waals surface area contributed by atoms with E-state index in [1.54, 1.807) is 0 Å². The summed E-state index contributed by atoms with van der Waals surface area (Å²) in [6.45, 7) is 7.64. The first-order chi connectivity index (χ1) is 9.16. The zero-order valence-corrected chi connectivity index (χ0v) is 13.4. The van der Waals surface area contributed by atoms with Gasteiger partial charge >= 0.3 is 0 Å². The van der Waals surface area contributed by atoms with Crippen molar-refractivity contribution in [3.63, 3.8) is 0 Å². The summed E-state index contributed by atoms with van der Waals surface area (Å²) in [4.78, 5) is 11.2. The first-order valence-electron chi connectivity index (χ1n) is 7.11. The fourth-order valence-corrected chi connectivity index (χ4v) is 2.67. The van der Waals surface area contributed by atoms with Crippen LogP contribution in [-0.2, 0) is 0 Å². The van der Waals surface area contributed by atoms with Crippen molar-refractivity contribution in [3.8, 4) is 0 Å². The van der Waals surface area contributed by atoms with Crippen LogP contribution >= 0.6 is 15.9 Å². The number of piperidine rings is 1. The van der Waals surface area contributed by atoms with Gasteiger partial charge in [0.1, 0.15) is 0 Å². The Morgan fingerprint density at radius 2 is 2.11 bits per heavy atom. The van der Waals surface area contributed by atoms with Crippen LogP contribution in [-0.4, -0.2) is 35.6 Å². The van der Waals surface area contributed by atoms with Gasteiger partial charge in [-0.1, -0.05) is 13.8 Å². The largest absolute Gasteiger partial charge is 0.337 e. The summed E-state index contributed by atoms with van der Waals surface area (Å²) in [6, 6.07) is 0.522. The second kappa shape index (κ2) is 7.20. The van der Waals surface area contributed by atoms with E-state index in [1.807, 2.05) is 12.4 Å². The number of hydrogen-bond donors (Lipinski definition) is 1. The summed E-state index contributed by atoms with van der Waals surface area (Å²) in [6.07, 6.45) is 7.43. The molecule has 2 heterocycles. The molecule has 1 unspecified atom stereocenters. The summed E-state index contributed by atoms with van der Waals surface area (Å²) >= 11 is 3.39. The minimum Gasteiger partial charge on any atom is -0.337 e. The average Bonchev–Trinajstić information content (AvgIpc) is 2.40. The Hall–Kier alpha value is -0.680. The number of nitrogens with zero attached hydrogens (tertiary/aromatic N) is 3. The van der Waals surface area contributed by atoms with Crippen molar-refractivity contribution < 1.29 is 0 Å². The van der Waals surface area contributed by atoms with Crippen molar-refractivity contribution in [2.75, 3.05) is 24.5 Å². The Morgan fingerprint density at radius 1 is 1.37 bits per heavy atom. The molecule has 1 aromatic heterocycles. The predicted octanol–water partition coefficient (Wildman–Crippen LogP) is 2.84. The second-order valence-corrected chi connectivity index (χ2v) is 6.51. The summed E-state index contributed by atoms with van der Waals surface area (Å²) in [5, 5.41) is 3.56. The van der Waals surface area contributed by atoms with E-state index in [2.05, 4.69) is 50.0 Å². The lowest BCUT2D eigenvalue weighted by Crippen LogP contribution is -2.46. The number of hydrogen-bond acceptors (Lipinski definition) is 4. The highest BCUT2D eigenvalue weighted by Gasteiger charge is 2.24. The SMILES string of the molecule is CC(C)CNCC1CCCCN1c1ncc(Br)cn1. The molecule has 106 valence electrons. The zero-order valence-electron chi connectivity index (χ0n) is 11.8. The van der Waals surface area contributed by atoms with Crippen LogP contribution in [0.2, 0.25) is 0 Å². The summed E-state index contributed by atoms with van der Waals surface area (Å²) in [5.74, 6) is 1.56. The fraction of sp³-hybridized carbons (Fsp3) is 0.714. The van der Waals surface area contributed by atoms with Gasteiger partial charge in [0.15, 0.2) is 0 Å². The van der Waals surface area contributed by atoms with E-state index in [0.717, 1.165) is 30.1 Å². The molecule has 0 bridgehead atoms. The number of rotatable bonds is 5. The second-order valence-electron chi connectivity index (χ2n) is 5.60. The molecule has 1 aromatic rings. The number of halogens is 1. The highest BCUT2D eigenvalue weighted by molar-refractivity contribution is 9.10. The summed E-state index contributed by atoms with van der Waals surface area (Å²) < 4.78 is 0.933. The average molecular weight is 327 g/mol. The van der Waals surface area contributed by atoms with Crippen molar-refractivity contribution >= 4 is 21.9 Å². The molecule has 0 aromatic carbocycles. The molecule has 19 heavy (non-hydrogen) atoms. The third-order valence-electron chi connectivity index (χ3n) is 3.42. The lowest BCUT2D eigenvalue weighted by atomic mass is 10.0. The van der Waals surface area contributed by atoms with E-state index in [9.17, 15) is 0 Å². The molecular formula is C14H23BrN4. The van der Waals surface area contributed by atoms with Crippen LogP contribution in [0.4, 0.5) is 5.95 Å². The Labute approximate surface area is 124 Å². The summed E-state index contributed by atoms with van der Waals surface area (Å²) in [7, 11) is 0. The Morgan fingerprint density at radius 3 is 2.79 bits per heavy atom. The normalized spacial score (nSPS) is 20.0. The maximum atomic E-state index is 4.44. The van der Waals surface area contributed by atoms with Crippen LogP contribution in [0.25, 0.3) is 0 Å². The van der Waals surface area contributed by atoms with Gasteiger partial charge in [-0.3, -0.25) is 0 Å². The van der Waals surface area contributed by atoms with Gasteiger partial charge in [0.05, 0.1) is 4.47 Å². The topological polar surface area (TPSA) is 41.0 Å². The van der Waals surface area contributed by atoms with Crippen LogP contribution in [0.5, 0.6) is 0 Å². The molecule has 1 atom stereocenters. The van der Waals surface area contributed by atoms with Crippen molar-refractivity contribution in [1.29, 1.82) is 0 Å². The predicted molar refractivity (Wildman–Crippen MR) is 82.4 cm³/mol. The smallest absolute Gasteiger partial charge is 0.225 e. The molecule has 0 aliphatic carbocycles. The number of nitrogens with one attached hydrogen (secondary N) is 1. The van der Waals surface area contributed by atoms with Gasteiger partial charge in [-0.2, -0.15) is 0 Å². The maximum Gasteiger partial charge on any atom is 0.225 e. The molecule has 1 aliphatic heterocycles. The van der Waals surface area contributed by atoms with E-state index in [1.165, 1.54) is 19.3 Å². The van der Waals surface area contributed by atoms with Crippen LogP contribution in [0, 0.1) is 5.92 Å². The molecule has 4 nitrogen and oxygen atoms in total. The molecular weight excluding hydrogens is 304 g/mol. The van der Waals surface area contributed by atoms with Gasteiger partial charge in [0.2, 0.25) is 5.95 Å². The maximum absolute atomic E-state index is 4.44. The quantitative estimate of drug-likeness (QED) is 0.903. The highest BCUT2D eigenvalue weighted by Crippen LogP contribution is 2.21. The summed E-state index contributed by atoms with van der Waals surface area (Å²) in [5.41, 5.74) is 0. The first kappa shape index (κ1) is 14.7. The highest BCUT2D eigenvalue weighted by atomic mass is 79.9. The van der Waals surface area contributed by atoms with Crippen LogP contribution in [0.1, 0.15) is 33.1 Å². The van der Waals surface area contributed by atoms with E-state index in [0.29, 0.717) is 12.0 Å². The van der Waals surface area contributed by atoms with E-state index in [-0.39, 0.29) is 0 Å². The molecule has 2 rings (SSSR count). The monoisotopic (exact) mass is 326 g/mol. The van der Waals surface area contributed by atoms with Crippen molar-refractivity contribution in [1.82, 2.24) is 15.3 Å². The Bertz CT molecular complexity index is 380. The molecule has 0 spiro atoms.